The first-order valence-corrected chi connectivity index (χ1v) is 15.7. The Balaban J connectivity index is 0.000000331. The summed E-state index contributed by atoms with van der Waals surface area (Å²) in [6.45, 7) is 11.2. The fourth-order valence-corrected chi connectivity index (χ4v) is 5.52. The maximum absolute atomic E-state index is 7.70. The van der Waals surface area contributed by atoms with E-state index in [2.05, 4.69) is 45.9 Å². The van der Waals surface area contributed by atoms with Crippen molar-refractivity contribution in [1.82, 2.24) is 15.3 Å². The molecule has 0 amide bonds. The molecule has 180 valence electrons. The van der Waals surface area contributed by atoms with E-state index in [-0.39, 0.29) is 5.54 Å². The van der Waals surface area contributed by atoms with Gasteiger partial charge in [0.2, 0.25) is 0 Å². The zero-order valence-corrected chi connectivity index (χ0v) is 21.6. The van der Waals surface area contributed by atoms with E-state index < -0.39 is 8.07 Å². The molecule has 1 unspecified atom stereocenters. The summed E-state index contributed by atoms with van der Waals surface area (Å²) < 4.78 is 4.95. The number of rotatable bonds is 7. The molecule has 0 saturated carbocycles. The van der Waals surface area contributed by atoms with E-state index in [4.69, 9.17) is 15.6 Å². The Labute approximate surface area is 199 Å². The van der Waals surface area contributed by atoms with Gasteiger partial charge in [-0.15, -0.1) is 0 Å². The Morgan fingerprint density at radius 2 is 2.09 bits per heavy atom. The molecule has 1 atom stereocenters. The minimum absolute atomic E-state index is 0.249. The monoisotopic (exact) mass is 468 g/mol. The maximum atomic E-state index is 7.70. The maximum Gasteiger partial charge on any atom is 0.139 e. The smallest absolute Gasteiger partial charge is 0.139 e. The van der Waals surface area contributed by atoms with Gasteiger partial charge >= 0.3 is 0 Å². The number of hydrogen-bond donors (Lipinski definition) is 4. The van der Waals surface area contributed by atoms with Crippen molar-refractivity contribution < 1.29 is 4.74 Å². The van der Waals surface area contributed by atoms with Crippen LogP contribution in [0.4, 0.5) is 5.69 Å². The van der Waals surface area contributed by atoms with Crippen molar-refractivity contribution in [1.29, 1.82) is 10.8 Å². The fourth-order valence-electron chi connectivity index (χ4n) is 4.70. The summed E-state index contributed by atoms with van der Waals surface area (Å²) in [6, 6.07) is 3.36. The average molecular weight is 469 g/mol. The highest BCUT2D eigenvalue weighted by atomic mass is 28.3. The highest BCUT2D eigenvalue weighted by Crippen LogP contribution is 2.37. The topological polar surface area (TPSA) is 101 Å². The molecule has 7 nitrogen and oxygen atoms in total. The molecule has 0 aromatic carbocycles. The van der Waals surface area contributed by atoms with Crippen molar-refractivity contribution >= 4 is 42.8 Å². The number of nitrogens with one attached hydrogen (secondary N) is 4. The molecule has 1 spiro atoms. The Morgan fingerprint density at radius 3 is 2.70 bits per heavy atom. The normalized spacial score (nSPS) is 21.2. The van der Waals surface area contributed by atoms with Crippen molar-refractivity contribution in [3.63, 3.8) is 0 Å². The van der Waals surface area contributed by atoms with Crippen molar-refractivity contribution in [2.45, 2.75) is 56.9 Å². The number of hydrogen-bond acceptors (Lipinski definition) is 6. The molecule has 0 aliphatic carbocycles. The highest BCUT2D eigenvalue weighted by Gasteiger charge is 2.39. The predicted octanol–water partition coefficient (Wildman–Crippen LogP) is 4.94. The van der Waals surface area contributed by atoms with E-state index >= 15 is 0 Å². The van der Waals surface area contributed by atoms with Crippen LogP contribution < -0.4 is 10.2 Å². The first kappa shape index (κ1) is 25.3. The number of pyridine rings is 1. The summed E-state index contributed by atoms with van der Waals surface area (Å²) in [5.74, 6) is 0. The standard InChI is InChI=1S/C19H24N6.C6H16OSi/c20-7-3-14(11-21)15-12-23-18-17(15)16(4-9-22-18)25-10-6-19(13-25)5-1-2-8-24-19;1-7-5-6-8(2,3)4/h3-4,7,9,11-12,20-21,24H,1-2,5-6,8,10,13H2,(H,22,23);5-6H2,1-4H3/b14-3+,20-7?,21-11?;. The first-order chi connectivity index (χ1) is 15.8. The van der Waals surface area contributed by atoms with Gasteiger partial charge in [-0.05, 0) is 44.0 Å². The number of H-pyrrole nitrogens is 1. The van der Waals surface area contributed by atoms with Crippen LogP contribution in [0.2, 0.25) is 25.7 Å². The summed E-state index contributed by atoms with van der Waals surface area (Å²) in [4.78, 5) is 10.1. The molecule has 0 radical (unpaired) electrons. The number of methoxy groups -OCH3 is 1. The zero-order chi connectivity index (χ0) is 23.9. The van der Waals surface area contributed by atoms with E-state index in [9.17, 15) is 0 Å². The second kappa shape index (κ2) is 11.2. The predicted molar refractivity (Wildman–Crippen MR) is 143 cm³/mol. The van der Waals surface area contributed by atoms with Crippen LogP contribution in [0.1, 0.15) is 31.2 Å². The van der Waals surface area contributed by atoms with E-state index in [0.717, 1.165) is 48.4 Å². The molecule has 33 heavy (non-hydrogen) atoms. The van der Waals surface area contributed by atoms with Gasteiger partial charge in [-0.25, -0.2) is 4.98 Å². The number of nitrogens with zero attached hydrogens (tertiary/aromatic N) is 2. The van der Waals surface area contributed by atoms with E-state index in [1.807, 2.05) is 12.4 Å². The van der Waals surface area contributed by atoms with Gasteiger partial charge in [0, 0.05) is 87.5 Å². The van der Waals surface area contributed by atoms with Crippen LogP contribution in [0, 0.1) is 10.8 Å². The van der Waals surface area contributed by atoms with Crippen molar-refractivity contribution in [2.75, 3.05) is 38.3 Å². The fraction of sp³-hybridized carbons (Fsp3) is 0.560. The molecule has 2 aromatic rings. The number of allylic oxidation sites excluding steroid dienone is 2. The molecule has 2 aliphatic heterocycles. The van der Waals surface area contributed by atoms with E-state index in [1.165, 1.54) is 49.8 Å². The molecule has 2 saturated heterocycles. The van der Waals surface area contributed by atoms with Crippen molar-refractivity contribution in [2.24, 2.45) is 0 Å². The molecule has 2 aromatic heterocycles. The van der Waals surface area contributed by atoms with Gasteiger partial charge < -0.3 is 30.8 Å². The van der Waals surface area contributed by atoms with Crippen LogP contribution in [0.15, 0.2) is 24.5 Å². The third-order valence-corrected chi connectivity index (χ3v) is 8.32. The number of aromatic nitrogens is 2. The largest absolute Gasteiger partial charge is 0.385 e. The number of aromatic amines is 1. The van der Waals surface area contributed by atoms with Gasteiger partial charge in [0.15, 0.2) is 0 Å². The first-order valence-electron chi connectivity index (χ1n) is 12.0. The summed E-state index contributed by atoms with van der Waals surface area (Å²) in [7, 11) is 0.961. The van der Waals surface area contributed by atoms with E-state index in [1.54, 1.807) is 13.2 Å². The third-order valence-electron chi connectivity index (χ3n) is 6.61. The summed E-state index contributed by atoms with van der Waals surface area (Å²) >= 11 is 0. The molecule has 2 aliphatic rings. The lowest BCUT2D eigenvalue weighted by atomic mass is 9.88. The molecule has 4 heterocycles. The van der Waals surface area contributed by atoms with Crippen LogP contribution in [0.25, 0.3) is 16.6 Å². The second-order valence-electron chi connectivity index (χ2n) is 10.3. The minimum Gasteiger partial charge on any atom is -0.385 e. The second-order valence-corrected chi connectivity index (χ2v) is 15.9. The van der Waals surface area contributed by atoms with Gasteiger partial charge in [0.1, 0.15) is 5.65 Å². The Morgan fingerprint density at radius 1 is 1.27 bits per heavy atom. The van der Waals surface area contributed by atoms with E-state index in [0.29, 0.717) is 0 Å². The van der Waals surface area contributed by atoms with Crippen LogP contribution in [0.3, 0.4) is 0 Å². The lowest BCUT2D eigenvalue weighted by molar-refractivity contribution is 0.214. The molecule has 8 heteroatoms. The quantitative estimate of drug-likeness (QED) is 0.341. The number of anilines is 1. The van der Waals surface area contributed by atoms with Crippen LogP contribution in [-0.2, 0) is 4.74 Å². The summed E-state index contributed by atoms with van der Waals surface area (Å²) in [6.07, 6.45) is 12.9. The highest BCUT2D eigenvalue weighted by molar-refractivity contribution is 6.76. The summed E-state index contributed by atoms with van der Waals surface area (Å²) in [5.41, 5.74) is 3.92. The van der Waals surface area contributed by atoms with Gasteiger partial charge in [0.25, 0.3) is 0 Å². The summed E-state index contributed by atoms with van der Waals surface area (Å²) in [5, 5.41) is 19.9. The zero-order valence-electron chi connectivity index (χ0n) is 20.6. The number of fused-ring (bicyclic) bond motifs is 1. The lowest BCUT2D eigenvalue weighted by Gasteiger charge is -2.35. The number of ether oxygens (including phenoxy) is 1. The molecule has 2 fully saturated rings. The van der Waals surface area contributed by atoms with Crippen LogP contribution >= 0.6 is 0 Å². The third kappa shape index (κ3) is 6.40. The van der Waals surface area contributed by atoms with Gasteiger partial charge in [0.05, 0.1) is 0 Å². The minimum atomic E-state index is -0.803. The Bertz CT molecular complexity index is 971. The van der Waals surface area contributed by atoms with Crippen LogP contribution in [-0.4, -0.2) is 69.4 Å². The Hall–Kier alpha value is -2.29. The molecule has 0 bridgehead atoms. The van der Waals surface area contributed by atoms with Crippen LogP contribution in [0.5, 0.6) is 0 Å². The molecular weight excluding hydrogens is 428 g/mol. The number of piperidine rings is 1. The van der Waals surface area contributed by atoms with Gasteiger partial charge in [-0.2, -0.15) is 0 Å². The van der Waals surface area contributed by atoms with Gasteiger partial charge in [-0.1, -0.05) is 26.1 Å². The lowest BCUT2D eigenvalue weighted by Crippen LogP contribution is -2.50. The Kier molecular flexibility index (Phi) is 8.61. The van der Waals surface area contributed by atoms with Gasteiger partial charge in [-0.3, -0.25) is 0 Å². The molecule has 4 rings (SSSR count). The average Bonchev–Trinajstić information content (AvgIpc) is 3.41. The SMILES string of the molecule is COCC[Si](C)(C)C.N=C/C=C(\C=N)c1c[nH]c2nccc(N3CCC4(CCCCN4)C3)c12. The molecular formula is C25H40N6OSi. The van der Waals surface area contributed by atoms with Crippen molar-refractivity contribution in [3.05, 3.63) is 30.1 Å². The van der Waals surface area contributed by atoms with Crippen molar-refractivity contribution in [3.8, 4) is 0 Å². The molecule has 4 N–H and O–H groups in total.